The molecule has 0 aliphatic carbocycles. The van der Waals surface area contributed by atoms with Gasteiger partial charge in [0.1, 0.15) is 0 Å². The van der Waals surface area contributed by atoms with Gasteiger partial charge in [0.2, 0.25) is 0 Å². The Morgan fingerprint density at radius 3 is 1.12 bits per heavy atom. The van der Waals surface area contributed by atoms with Crippen molar-refractivity contribution in [2.24, 2.45) is 0 Å². The van der Waals surface area contributed by atoms with Gasteiger partial charge in [-0.1, -0.05) is 25.7 Å². The minimum atomic E-state index is -0.137. The molecule has 0 aromatic carbocycles. The third kappa shape index (κ3) is 21.1. The SMILES string of the molecule is O=C([S-])CCCCCCCCC(=O)[S-].[Na+].[Na+]. The topological polar surface area (TPSA) is 34.1 Å². The van der Waals surface area contributed by atoms with Crippen LogP contribution < -0.4 is 59.1 Å². The van der Waals surface area contributed by atoms with Crippen LogP contribution in [0, 0.1) is 0 Å². The van der Waals surface area contributed by atoms with Crippen molar-refractivity contribution in [2.45, 2.75) is 51.4 Å². The minimum absolute atomic E-state index is 0. The first-order valence-corrected chi connectivity index (χ1v) is 5.84. The summed E-state index contributed by atoms with van der Waals surface area (Å²) in [5, 5.41) is -0.275. The van der Waals surface area contributed by atoms with Crippen molar-refractivity contribution in [2.75, 3.05) is 0 Å². The maximum atomic E-state index is 10.4. The first-order chi connectivity index (χ1) is 6.63. The molecule has 0 N–H and O–H groups in total. The van der Waals surface area contributed by atoms with Gasteiger partial charge in [0.25, 0.3) is 0 Å². The molecule has 0 saturated heterocycles. The Bertz CT molecular complexity index is 170. The summed E-state index contributed by atoms with van der Waals surface area (Å²) in [6.07, 6.45) is 7.22. The molecule has 0 saturated carbocycles. The van der Waals surface area contributed by atoms with Crippen LogP contribution in [0.15, 0.2) is 0 Å². The van der Waals surface area contributed by atoms with E-state index >= 15 is 0 Å². The van der Waals surface area contributed by atoms with Gasteiger partial charge in [-0.05, 0) is 25.7 Å². The van der Waals surface area contributed by atoms with Gasteiger partial charge in [0.15, 0.2) is 0 Å². The molecule has 0 spiro atoms. The zero-order valence-electron chi connectivity index (χ0n) is 10.3. The number of unbranched alkanes of at least 4 members (excludes halogenated alkanes) is 5. The quantitative estimate of drug-likeness (QED) is 0.247. The average Bonchev–Trinajstić information content (AvgIpc) is 2.08. The van der Waals surface area contributed by atoms with E-state index in [1.165, 1.54) is 0 Å². The maximum Gasteiger partial charge on any atom is 1.00 e. The van der Waals surface area contributed by atoms with E-state index in [1.54, 1.807) is 0 Å². The van der Waals surface area contributed by atoms with Gasteiger partial charge in [-0.25, -0.2) is 0 Å². The van der Waals surface area contributed by atoms with E-state index in [2.05, 4.69) is 25.3 Å². The first-order valence-electron chi connectivity index (χ1n) is 5.02. The van der Waals surface area contributed by atoms with Crippen molar-refractivity contribution in [1.29, 1.82) is 0 Å². The van der Waals surface area contributed by atoms with Crippen LogP contribution in [-0.4, -0.2) is 10.2 Å². The molecule has 0 unspecified atom stereocenters. The Morgan fingerprint density at radius 2 is 0.875 bits per heavy atom. The summed E-state index contributed by atoms with van der Waals surface area (Å²) < 4.78 is 0. The third-order valence-corrected chi connectivity index (χ3v) is 2.42. The predicted molar refractivity (Wildman–Crippen MR) is 61.7 cm³/mol. The van der Waals surface area contributed by atoms with Crippen LogP contribution in [0.25, 0.3) is 0 Å². The van der Waals surface area contributed by atoms with E-state index in [-0.39, 0.29) is 69.3 Å². The molecule has 0 bridgehead atoms. The van der Waals surface area contributed by atoms with Crippen molar-refractivity contribution in [3.05, 3.63) is 0 Å². The van der Waals surface area contributed by atoms with Crippen molar-refractivity contribution < 1.29 is 68.7 Å². The Morgan fingerprint density at radius 1 is 0.625 bits per heavy atom. The van der Waals surface area contributed by atoms with E-state index in [1.807, 2.05) is 0 Å². The van der Waals surface area contributed by atoms with Crippen LogP contribution in [0.3, 0.4) is 0 Å². The van der Waals surface area contributed by atoms with E-state index in [0.29, 0.717) is 12.8 Å². The molecule has 82 valence electrons. The van der Waals surface area contributed by atoms with Crippen LogP contribution >= 0.6 is 0 Å². The monoisotopic (exact) mass is 278 g/mol. The fourth-order valence-electron chi connectivity index (χ4n) is 1.25. The first kappa shape index (κ1) is 22.9. The number of hydrogen-bond donors (Lipinski definition) is 0. The van der Waals surface area contributed by atoms with Gasteiger partial charge in [0.05, 0.1) is 0 Å². The van der Waals surface area contributed by atoms with Crippen LogP contribution in [0.1, 0.15) is 51.4 Å². The molecule has 0 rings (SSSR count). The molecule has 0 aliphatic rings. The molecule has 6 heteroatoms. The molecule has 0 fully saturated rings. The van der Waals surface area contributed by atoms with Crippen LogP contribution in [-0.2, 0) is 34.8 Å². The van der Waals surface area contributed by atoms with Crippen molar-refractivity contribution in [3.8, 4) is 0 Å². The zero-order chi connectivity index (χ0) is 10.8. The summed E-state index contributed by atoms with van der Waals surface area (Å²) >= 11 is 8.88. The van der Waals surface area contributed by atoms with Gasteiger partial charge >= 0.3 is 59.1 Å². The summed E-state index contributed by atoms with van der Waals surface area (Å²) in [5.41, 5.74) is 0. The summed E-state index contributed by atoms with van der Waals surface area (Å²) in [6.45, 7) is 0. The Kier molecular flexibility index (Phi) is 24.0. The molecule has 0 aromatic rings. The molecular formula is C10H16Na2O2S2. The molecule has 0 amide bonds. The largest absolute Gasteiger partial charge is 1.00 e. The van der Waals surface area contributed by atoms with Crippen LogP contribution in [0.5, 0.6) is 0 Å². The molecule has 0 atom stereocenters. The van der Waals surface area contributed by atoms with E-state index in [0.717, 1.165) is 38.5 Å². The van der Waals surface area contributed by atoms with Crippen molar-refractivity contribution in [1.82, 2.24) is 0 Å². The summed E-state index contributed by atoms with van der Waals surface area (Å²) in [6, 6.07) is 0. The maximum absolute atomic E-state index is 10.4. The van der Waals surface area contributed by atoms with Gasteiger partial charge in [-0.3, -0.25) is 0 Å². The third-order valence-electron chi connectivity index (χ3n) is 2.01. The van der Waals surface area contributed by atoms with E-state index < -0.39 is 0 Å². The molecular weight excluding hydrogens is 262 g/mol. The smallest absolute Gasteiger partial charge is 0.742 e. The molecule has 16 heavy (non-hydrogen) atoms. The van der Waals surface area contributed by atoms with Crippen LogP contribution in [0.2, 0.25) is 0 Å². The zero-order valence-corrected chi connectivity index (χ0v) is 15.9. The molecule has 2 nitrogen and oxygen atoms in total. The molecule has 0 aliphatic heterocycles. The number of rotatable bonds is 9. The predicted octanol–water partition coefficient (Wildman–Crippen LogP) is -3.74. The van der Waals surface area contributed by atoms with Crippen LogP contribution in [0.4, 0.5) is 0 Å². The number of hydrogen-bond acceptors (Lipinski definition) is 4. The average molecular weight is 278 g/mol. The minimum Gasteiger partial charge on any atom is -0.742 e. The van der Waals surface area contributed by atoms with Crippen molar-refractivity contribution in [3.63, 3.8) is 0 Å². The van der Waals surface area contributed by atoms with Crippen molar-refractivity contribution >= 4 is 35.5 Å². The number of carbonyl (C=O) groups is 2. The van der Waals surface area contributed by atoms with E-state index in [4.69, 9.17) is 0 Å². The fraction of sp³-hybridized carbons (Fsp3) is 0.800. The molecule has 0 radical (unpaired) electrons. The van der Waals surface area contributed by atoms with Gasteiger partial charge in [-0.15, -0.1) is 0 Å². The Labute approximate surface area is 153 Å². The second-order valence-corrected chi connectivity index (χ2v) is 4.28. The van der Waals surface area contributed by atoms with Gasteiger partial charge in [0, 0.05) is 10.2 Å². The second-order valence-electron chi connectivity index (χ2n) is 3.37. The Hall–Kier alpha value is 1.78. The summed E-state index contributed by atoms with van der Waals surface area (Å²) in [4.78, 5) is 20.8. The summed E-state index contributed by atoms with van der Waals surface area (Å²) in [7, 11) is 0. The van der Waals surface area contributed by atoms with Gasteiger partial charge < -0.3 is 34.8 Å². The normalized spacial score (nSPS) is 8.75. The molecule has 0 heterocycles. The second kappa shape index (κ2) is 16.8. The van der Waals surface area contributed by atoms with E-state index in [9.17, 15) is 9.59 Å². The van der Waals surface area contributed by atoms with Gasteiger partial charge in [-0.2, -0.15) is 0 Å². The standard InChI is InChI=1S/C10H18O2S2.2Na/c11-9(13)7-5-3-1-2-4-6-8-10(12)14;;/h1-8H2,(H,11,13)(H,12,14);;/q;2*+1/p-2. The fourth-order valence-corrected chi connectivity index (χ4v) is 1.53. The number of carbonyl (C=O) groups excluding carboxylic acids is 2. The molecule has 0 aromatic heterocycles. The Balaban J connectivity index is -0.000000845. The summed E-state index contributed by atoms with van der Waals surface area (Å²) in [5.74, 6) is 0.